The number of halogens is 5. The summed E-state index contributed by atoms with van der Waals surface area (Å²) in [6.45, 7) is 0.851. The van der Waals surface area contributed by atoms with Gasteiger partial charge in [0.1, 0.15) is 17.1 Å². The van der Waals surface area contributed by atoms with Crippen LogP contribution < -0.4 is 15.1 Å². The molecule has 0 saturated carbocycles. The minimum Gasteiger partial charge on any atom is -0.480 e. The lowest BCUT2D eigenvalue weighted by molar-refractivity contribution is -0.137. The van der Waals surface area contributed by atoms with Crippen LogP contribution in [0.5, 0.6) is 11.5 Å². The monoisotopic (exact) mass is 446 g/mol. The Morgan fingerprint density at radius 1 is 1.14 bits per heavy atom. The lowest BCUT2D eigenvalue weighted by Gasteiger charge is -2.13. The number of carbonyl (C=O) groups is 1. The van der Waals surface area contributed by atoms with Gasteiger partial charge < -0.3 is 13.9 Å². The van der Waals surface area contributed by atoms with Gasteiger partial charge in [0.2, 0.25) is 0 Å². The molecule has 0 unspecified atom stereocenters. The van der Waals surface area contributed by atoms with E-state index in [4.69, 9.17) is 37.1 Å². The highest BCUT2D eigenvalue weighted by Gasteiger charge is 2.34. The highest BCUT2D eigenvalue weighted by atomic mass is 35.5. The number of benzene rings is 2. The molecule has 0 N–H and O–H groups in total. The summed E-state index contributed by atoms with van der Waals surface area (Å²) in [6, 6.07) is 7.05. The van der Waals surface area contributed by atoms with Crippen LogP contribution in [-0.2, 0) is 11.0 Å². The highest BCUT2D eigenvalue weighted by Crippen LogP contribution is 2.37. The third kappa shape index (κ3) is 4.83. The van der Waals surface area contributed by atoms with Gasteiger partial charge in [-0.15, -0.1) is 0 Å². The van der Waals surface area contributed by atoms with Crippen molar-refractivity contribution in [3.63, 3.8) is 0 Å². The molecule has 5 nitrogen and oxygen atoms in total. The number of ether oxygens (including phenoxy) is 2. The predicted octanol–water partition coefficient (Wildman–Crippen LogP) is 5.41. The Bertz CT molecular complexity index is 1160. The van der Waals surface area contributed by atoms with Crippen molar-refractivity contribution in [2.45, 2.75) is 13.1 Å². The second-order valence-corrected chi connectivity index (χ2v) is 6.77. The van der Waals surface area contributed by atoms with Crippen molar-refractivity contribution in [3.8, 4) is 11.5 Å². The van der Waals surface area contributed by atoms with Gasteiger partial charge in [-0.25, -0.2) is 9.59 Å². The fourth-order valence-corrected chi connectivity index (χ4v) is 3.11. The van der Waals surface area contributed by atoms with Gasteiger partial charge in [-0.2, -0.15) is 13.2 Å². The molecule has 0 aliphatic carbocycles. The normalized spacial score (nSPS) is 11.5. The van der Waals surface area contributed by atoms with Crippen LogP contribution in [0.15, 0.2) is 45.6 Å². The number of aryl methyl sites for hydroxylation is 1. The number of esters is 1. The topological polar surface area (TPSA) is 65.7 Å². The standard InChI is InChI=1S/C19H11Cl2F3O5/c1-9-4-11(6-15-18(9)12(19(22,23)24)7-16(25)29-15)28-17(26)8-27-14-3-2-10(20)5-13(14)21/h2-7H,8H2,1H3. The van der Waals surface area contributed by atoms with Gasteiger partial charge in [0.15, 0.2) is 6.61 Å². The van der Waals surface area contributed by atoms with Gasteiger partial charge >= 0.3 is 17.8 Å². The summed E-state index contributed by atoms with van der Waals surface area (Å²) in [5, 5.41) is 0.283. The lowest BCUT2D eigenvalue weighted by Crippen LogP contribution is -2.18. The molecule has 0 atom stereocenters. The zero-order chi connectivity index (χ0) is 21.3. The zero-order valence-electron chi connectivity index (χ0n) is 14.6. The molecule has 10 heteroatoms. The van der Waals surface area contributed by atoms with Crippen molar-refractivity contribution < 1.29 is 31.9 Å². The number of carbonyl (C=O) groups excluding carboxylic acids is 1. The van der Waals surface area contributed by atoms with E-state index in [9.17, 15) is 22.8 Å². The first-order chi connectivity index (χ1) is 13.5. The summed E-state index contributed by atoms with van der Waals surface area (Å²) in [7, 11) is 0. The molecule has 0 amide bonds. The molecule has 0 spiro atoms. The second-order valence-electron chi connectivity index (χ2n) is 5.93. The van der Waals surface area contributed by atoms with Gasteiger partial charge in [-0.3, -0.25) is 0 Å². The molecule has 0 saturated heterocycles. The molecule has 1 heterocycles. The Kier molecular flexibility index (Phi) is 5.77. The first kappa shape index (κ1) is 21.0. The van der Waals surface area contributed by atoms with E-state index in [-0.39, 0.29) is 33.1 Å². The van der Waals surface area contributed by atoms with Crippen LogP contribution in [0.3, 0.4) is 0 Å². The van der Waals surface area contributed by atoms with Crippen LogP contribution in [0.2, 0.25) is 10.0 Å². The van der Waals surface area contributed by atoms with E-state index < -0.39 is 29.9 Å². The lowest BCUT2D eigenvalue weighted by atomic mass is 10.0. The van der Waals surface area contributed by atoms with Crippen molar-refractivity contribution in [2.75, 3.05) is 6.61 Å². The first-order valence-corrected chi connectivity index (χ1v) is 8.74. The maximum Gasteiger partial charge on any atom is 0.417 e. The van der Waals surface area contributed by atoms with Crippen molar-refractivity contribution in [1.29, 1.82) is 0 Å². The molecule has 3 aromatic rings. The maximum absolute atomic E-state index is 13.2. The average molecular weight is 447 g/mol. The number of hydrogen-bond acceptors (Lipinski definition) is 5. The summed E-state index contributed by atoms with van der Waals surface area (Å²) < 4.78 is 54.8. The van der Waals surface area contributed by atoms with E-state index in [2.05, 4.69) is 0 Å². The Morgan fingerprint density at radius 3 is 2.52 bits per heavy atom. The molecule has 0 fully saturated rings. The van der Waals surface area contributed by atoms with Crippen molar-refractivity contribution >= 4 is 40.1 Å². The molecular weight excluding hydrogens is 436 g/mol. The Labute approximate surface area is 171 Å². The van der Waals surface area contributed by atoms with E-state index in [1.165, 1.54) is 31.2 Å². The molecule has 0 radical (unpaired) electrons. The second kappa shape index (κ2) is 7.96. The molecule has 152 valence electrons. The van der Waals surface area contributed by atoms with Gasteiger partial charge in [0.25, 0.3) is 0 Å². The van der Waals surface area contributed by atoms with E-state index in [0.717, 1.165) is 6.07 Å². The summed E-state index contributed by atoms with van der Waals surface area (Å²) in [5.41, 5.74) is -2.54. The van der Waals surface area contributed by atoms with Gasteiger partial charge in [0, 0.05) is 22.5 Å². The molecule has 29 heavy (non-hydrogen) atoms. The number of rotatable bonds is 4. The van der Waals surface area contributed by atoms with Crippen LogP contribution in [0.4, 0.5) is 13.2 Å². The quantitative estimate of drug-likeness (QED) is 0.304. The van der Waals surface area contributed by atoms with Crippen LogP contribution in [-0.4, -0.2) is 12.6 Å². The van der Waals surface area contributed by atoms with Crippen molar-refractivity contribution in [2.24, 2.45) is 0 Å². The molecule has 3 rings (SSSR count). The fraction of sp³-hybridized carbons (Fsp3) is 0.158. The van der Waals surface area contributed by atoms with E-state index >= 15 is 0 Å². The molecule has 2 aromatic carbocycles. The molecule has 0 bridgehead atoms. The predicted molar refractivity (Wildman–Crippen MR) is 99.8 cm³/mol. The van der Waals surface area contributed by atoms with Crippen LogP contribution >= 0.6 is 23.2 Å². The van der Waals surface area contributed by atoms with Gasteiger partial charge in [-0.1, -0.05) is 23.2 Å². The Hall–Kier alpha value is -2.71. The van der Waals surface area contributed by atoms with E-state index in [0.29, 0.717) is 11.1 Å². The van der Waals surface area contributed by atoms with Crippen LogP contribution in [0.1, 0.15) is 11.1 Å². The number of alkyl halides is 3. The summed E-state index contributed by atoms with van der Waals surface area (Å²) in [5.74, 6) is -0.749. The molecular formula is C19H11Cl2F3O5. The molecule has 0 aliphatic heterocycles. The Balaban J connectivity index is 1.83. The molecule has 1 aromatic heterocycles. The third-order valence-electron chi connectivity index (χ3n) is 3.79. The molecule has 0 aliphatic rings. The zero-order valence-corrected chi connectivity index (χ0v) is 16.1. The first-order valence-electron chi connectivity index (χ1n) is 7.99. The van der Waals surface area contributed by atoms with Crippen LogP contribution in [0, 0.1) is 6.92 Å². The van der Waals surface area contributed by atoms with Gasteiger partial charge in [-0.05, 0) is 36.8 Å². The van der Waals surface area contributed by atoms with Crippen molar-refractivity contribution in [3.05, 3.63) is 68.0 Å². The van der Waals surface area contributed by atoms with E-state index in [1.807, 2.05) is 0 Å². The minimum atomic E-state index is -4.75. The minimum absolute atomic E-state index is 0.103. The summed E-state index contributed by atoms with van der Waals surface area (Å²) in [4.78, 5) is 23.5. The maximum atomic E-state index is 13.2. The third-order valence-corrected chi connectivity index (χ3v) is 4.32. The summed E-state index contributed by atoms with van der Waals surface area (Å²) in [6.07, 6.45) is -4.75. The number of fused-ring (bicyclic) bond motifs is 1. The van der Waals surface area contributed by atoms with Gasteiger partial charge in [0.05, 0.1) is 10.6 Å². The van der Waals surface area contributed by atoms with Crippen molar-refractivity contribution in [1.82, 2.24) is 0 Å². The Morgan fingerprint density at radius 2 is 1.86 bits per heavy atom. The SMILES string of the molecule is Cc1cc(OC(=O)COc2ccc(Cl)cc2Cl)cc2oc(=O)cc(C(F)(F)F)c12. The summed E-state index contributed by atoms with van der Waals surface area (Å²) >= 11 is 11.7. The smallest absolute Gasteiger partial charge is 0.417 e. The highest BCUT2D eigenvalue weighted by molar-refractivity contribution is 6.35. The van der Waals surface area contributed by atoms with Crippen LogP contribution in [0.25, 0.3) is 11.0 Å². The number of hydrogen-bond donors (Lipinski definition) is 0. The van der Waals surface area contributed by atoms with E-state index in [1.54, 1.807) is 0 Å². The average Bonchev–Trinajstić information content (AvgIpc) is 2.59. The largest absolute Gasteiger partial charge is 0.480 e. The fourth-order valence-electron chi connectivity index (χ4n) is 2.65.